The largest absolute Gasteiger partial charge is 0.416 e. The number of carbonyl (C=O) groups excluding carboxylic acids is 2. The van der Waals surface area contributed by atoms with E-state index in [-0.39, 0.29) is 18.0 Å². The molecule has 1 saturated heterocycles. The van der Waals surface area contributed by atoms with E-state index in [1.807, 2.05) is 23.4 Å². The monoisotopic (exact) mass is 389 g/mol. The van der Waals surface area contributed by atoms with E-state index < -0.39 is 6.04 Å². The number of hydrogen-bond acceptors (Lipinski definition) is 5. The topological polar surface area (TPSA) is 71.6 Å². The molecule has 3 aliphatic rings. The van der Waals surface area contributed by atoms with Gasteiger partial charge in [-0.1, -0.05) is 50.4 Å². The highest BCUT2D eigenvalue weighted by Gasteiger charge is 2.55. The van der Waals surface area contributed by atoms with E-state index in [1.165, 1.54) is 49.0 Å². The second-order valence-electron chi connectivity index (χ2n) is 7.98. The molecule has 154 valence electrons. The number of nitrogens with zero attached hydrogens (tertiary/aromatic N) is 6. The van der Waals surface area contributed by atoms with E-state index in [0.29, 0.717) is 11.8 Å². The lowest BCUT2D eigenvalue weighted by Crippen LogP contribution is -2.63. The predicted molar refractivity (Wildman–Crippen MR) is 110 cm³/mol. The van der Waals surface area contributed by atoms with Gasteiger partial charge >= 0.3 is 12.0 Å². The first-order valence-corrected chi connectivity index (χ1v) is 10.5. The Labute approximate surface area is 167 Å². The van der Waals surface area contributed by atoms with Crippen LogP contribution in [0.2, 0.25) is 0 Å². The molecule has 8 nitrogen and oxygen atoms in total. The molecular formula is C20H33N6O2+. The van der Waals surface area contributed by atoms with Crippen LogP contribution >= 0.6 is 0 Å². The maximum absolute atomic E-state index is 12.8. The SMILES string of the molecule is CCCCCCCCCN1N=C(C)C(C)[N+]2=C1N=C1C2C(=O)N(C)C(=O)N1C. The first-order chi connectivity index (χ1) is 13.4. The van der Waals surface area contributed by atoms with Crippen molar-refractivity contribution in [3.63, 3.8) is 0 Å². The van der Waals surface area contributed by atoms with Gasteiger partial charge in [-0.05, 0) is 20.3 Å². The van der Waals surface area contributed by atoms with Crippen LogP contribution in [0.25, 0.3) is 0 Å². The molecule has 2 atom stereocenters. The van der Waals surface area contributed by atoms with Crippen molar-refractivity contribution < 1.29 is 14.2 Å². The van der Waals surface area contributed by atoms with Gasteiger partial charge in [-0.2, -0.15) is 0 Å². The molecule has 0 aliphatic carbocycles. The van der Waals surface area contributed by atoms with Crippen molar-refractivity contribution in [3.8, 4) is 0 Å². The van der Waals surface area contributed by atoms with Crippen molar-refractivity contribution >= 4 is 29.4 Å². The molecule has 28 heavy (non-hydrogen) atoms. The average Bonchev–Trinajstić information content (AvgIpc) is 3.09. The van der Waals surface area contributed by atoms with Crippen LogP contribution in [0.4, 0.5) is 4.79 Å². The van der Waals surface area contributed by atoms with Crippen LogP contribution in [-0.2, 0) is 4.79 Å². The quantitative estimate of drug-likeness (QED) is 0.473. The van der Waals surface area contributed by atoms with E-state index in [0.717, 1.165) is 25.1 Å². The molecule has 0 radical (unpaired) electrons. The maximum atomic E-state index is 12.8. The molecule has 0 aromatic carbocycles. The van der Waals surface area contributed by atoms with Crippen LogP contribution < -0.4 is 0 Å². The summed E-state index contributed by atoms with van der Waals surface area (Å²) in [6.07, 6.45) is 8.61. The van der Waals surface area contributed by atoms with E-state index in [1.54, 1.807) is 7.05 Å². The lowest BCUT2D eigenvalue weighted by atomic mass is 10.1. The molecule has 0 N–H and O–H groups in total. The number of hydrogen-bond donors (Lipinski definition) is 0. The van der Waals surface area contributed by atoms with Crippen molar-refractivity contribution in [1.29, 1.82) is 0 Å². The van der Waals surface area contributed by atoms with Gasteiger partial charge in [-0.15, -0.1) is 10.1 Å². The van der Waals surface area contributed by atoms with E-state index in [4.69, 9.17) is 5.10 Å². The smallest absolute Gasteiger partial charge is 0.270 e. The van der Waals surface area contributed by atoms with Gasteiger partial charge in [0.2, 0.25) is 11.9 Å². The van der Waals surface area contributed by atoms with Crippen molar-refractivity contribution in [2.75, 3.05) is 20.6 Å². The molecule has 3 heterocycles. The number of imide groups is 1. The molecule has 1 fully saturated rings. The Bertz CT molecular complexity index is 741. The summed E-state index contributed by atoms with van der Waals surface area (Å²) in [5.41, 5.74) is 0.957. The van der Waals surface area contributed by atoms with Crippen LogP contribution in [0.5, 0.6) is 0 Å². The van der Waals surface area contributed by atoms with Gasteiger partial charge < -0.3 is 0 Å². The predicted octanol–water partition coefficient (Wildman–Crippen LogP) is 2.49. The Balaban J connectivity index is 1.73. The Morgan fingerprint density at radius 1 is 1.00 bits per heavy atom. The lowest BCUT2D eigenvalue weighted by molar-refractivity contribution is -0.559. The molecule has 3 aliphatic heterocycles. The molecular weight excluding hydrogens is 356 g/mol. The van der Waals surface area contributed by atoms with Crippen LogP contribution in [0.15, 0.2) is 10.1 Å². The number of likely N-dealkylation sites (N-methyl/N-ethyl adjacent to an activating group) is 2. The second kappa shape index (κ2) is 8.41. The number of guanidine groups is 1. The number of unbranched alkanes of at least 4 members (excludes halogenated alkanes) is 6. The fourth-order valence-electron chi connectivity index (χ4n) is 4.03. The maximum Gasteiger partial charge on any atom is 0.416 e. The van der Waals surface area contributed by atoms with Crippen LogP contribution in [0, 0.1) is 0 Å². The van der Waals surface area contributed by atoms with Gasteiger partial charge in [0.05, 0.1) is 12.3 Å². The lowest BCUT2D eigenvalue weighted by Gasteiger charge is -2.33. The number of aliphatic imine (C=N–C) groups is 1. The van der Waals surface area contributed by atoms with Gasteiger partial charge in [0.15, 0.2) is 0 Å². The average molecular weight is 390 g/mol. The zero-order valence-electron chi connectivity index (χ0n) is 17.8. The molecule has 0 aromatic rings. The van der Waals surface area contributed by atoms with Crippen molar-refractivity contribution in [2.24, 2.45) is 10.1 Å². The number of carbonyl (C=O) groups is 2. The van der Waals surface area contributed by atoms with E-state index in [2.05, 4.69) is 11.9 Å². The van der Waals surface area contributed by atoms with Crippen LogP contribution in [-0.4, -0.2) is 81.6 Å². The summed E-state index contributed by atoms with van der Waals surface area (Å²) in [6, 6.07) is -0.936. The van der Waals surface area contributed by atoms with E-state index in [9.17, 15) is 9.59 Å². The van der Waals surface area contributed by atoms with Gasteiger partial charge in [0, 0.05) is 14.1 Å². The van der Waals surface area contributed by atoms with Gasteiger partial charge in [-0.3, -0.25) is 14.6 Å². The summed E-state index contributed by atoms with van der Waals surface area (Å²) in [4.78, 5) is 32.5. The van der Waals surface area contributed by atoms with Gasteiger partial charge in [-0.25, -0.2) is 9.37 Å². The molecule has 8 heteroatoms. The fourth-order valence-corrected chi connectivity index (χ4v) is 4.03. The van der Waals surface area contributed by atoms with Crippen LogP contribution in [0.3, 0.4) is 0 Å². The fraction of sp³-hybridized carbons (Fsp3) is 0.750. The Hall–Kier alpha value is -2.25. The first kappa shape index (κ1) is 20.5. The molecule has 3 rings (SSSR count). The minimum absolute atomic E-state index is 0.0366. The molecule has 0 bridgehead atoms. The first-order valence-electron chi connectivity index (χ1n) is 10.5. The summed E-state index contributed by atoms with van der Waals surface area (Å²) in [5, 5.41) is 6.65. The zero-order chi connectivity index (χ0) is 20.4. The Morgan fingerprint density at radius 3 is 2.32 bits per heavy atom. The number of fused-ring (bicyclic) bond motifs is 2. The molecule has 3 amide bonds. The van der Waals surface area contributed by atoms with Gasteiger partial charge in [0.1, 0.15) is 6.04 Å². The number of hydrazone groups is 1. The molecule has 0 aromatic heterocycles. The molecule has 2 unspecified atom stereocenters. The minimum atomic E-state index is -0.556. The number of amidine groups is 1. The van der Waals surface area contributed by atoms with E-state index >= 15 is 0 Å². The van der Waals surface area contributed by atoms with Gasteiger partial charge in [0.25, 0.3) is 5.91 Å². The van der Waals surface area contributed by atoms with Crippen molar-refractivity contribution in [3.05, 3.63) is 0 Å². The van der Waals surface area contributed by atoms with Crippen molar-refractivity contribution in [2.45, 2.75) is 77.8 Å². The minimum Gasteiger partial charge on any atom is -0.270 e. The van der Waals surface area contributed by atoms with Crippen LogP contribution in [0.1, 0.15) is 65.7 Å². The Morgan fingerprint density at radius 2 is 1.64 bits per heavy atom. The third kappa shape index (κ3) is 3.56. The normalized spacial score (nSPS) is 24.5. The highest BCUT2D eigenvalue weighted by Crippen LogP contribution is 2.25. The molecule has 0 spiro atoms. The summed E-state index contributed by atoms with van der Waals surface area (Å²) < 4.78 is 2.01. The Kier molecular flexibility index (Phi) is 6.15. The third-order valence-electron chi connectivity index (χ3n) is 5.95. The molecule has 0 saturated carbocycles. The summed E-state index contributed by atoms with van der Waals surface area (Å²) in [7, 11) is 3.21. The highest BCUT2D eigenvalue weighted by atomic mass is 16.2. The second-order valence-corrected chi connectivity index (χ2v) is 7.98. The number of amides is 3. The number of rotatable bonds is 8. The summed E-state index contributed by atoms with van der Waals surface area (Å²) in [6.45, 7) is 7.03. The highest BCUT2D eigenvalue weighted by molar-refractivity contribution is 6.23. The summed E-state index contributed by atoms with van der Waals surface area (Å²) >= 11 is 0. The van der Waals surface area contributed by atoms with Crippen molar-refractivity contribution in [1.82, 2.24) is 14.8 Å². The third-order valence-corrected chi connectivity index (χ3v) is 5.95. The number of urea groups is 1. The summed E-state index contributed by atoms with van der Waals surface area (Å²) in [5.74, 6) is 0.964. The standard InChI is InChI=1S/C20H33N6O2/c1-6-7-8-9-10-11-12-13-25-19-21-17-16(26(19)15(3)14(2)22-25)18(27)24(5)20(28)23(17)4/h15-16H,6-13H2,1-5H3/q+1. The zero-order valence-corrected chi connectivity index (χ0v) is 17.8.